The molecule has 1 aromatic heterocycles. The molecular formula is C11H8Cl2N2O3. The molecule has 2 aromatic rings. The minimum atomic E-state index is -0.444. The fraction of sp³-hybridized carbons (Fsp3) is 0.0909. The van der Waals surface area contributed by atoms with Crippen LogP contribution in [0.15, 0.2) is 29.1 Å². The predicted octanol–water partition coefficient (Wildman–Crippen LogP) is 2.88. The van der Waals surface area contributed by atoms with Gasteiger partial charge in [0.05, 0.1) is 7.11 Å². The highest BCUT2D eigenvalue weighted by atomic mass is 35.5. The van der Waals surface area contributed by atoms with Crippen LogP contribution in [0.1, 0.15) is 0 Å². The lowest BCUT2D eigenvalue weighted by Gasteiger charge is -2.08. The maximum Gasteiger partial charge on any atom is 0.285 e. The quantitative estimate of drug-likeness (QED) is 0.942. The summed E-state index contributed by atoms with van der Waals surface area (Å²) >= 11 is 11.4. The third kappa shape index (κ3) is 2.75. The number of halogens is 2. The number of nitrogens with zero attached hydrogens (tertiary/aromatic N) is 1. The molecule has 0 amide bonds. The van der Waals surface area contributed by atoms with Gasteiger partial charge in [0.2, 0.25) is 5.43 Å². The molecule has 0 fully saturated rings. The zero-order valence-corrected chi connectivity index (χ0v) is 10.7. The van der Waals surface area contributed by atoms with Crippen molar-refractivity contribution in [2.45, 2.75) is 0 Å². The summed E-state index contributed by atoms with van der Waals surface area (Å²) in [4.78, 5) is 11.6. The monoisotopic (exact) mass is 286 g/mol. The second-order valence-corrected chi connectivity index (χ2v) is 4.13. The van der Waals surface area contributed by atoms with Gasteiger partial charge in [0.25, 0.3) is 5.88 Å². The van der Waals surface area contributed by atoms with Gasteiger partial charge in [-0.25, -0.2) is 0 Å². The van der Waals surface area contributed by atoms with Crippen LogP contribution in [-0.2, 0) is 0 Å². The van der Waals surface area contributed by atoms with Crippen molar-refractivity contribution >= 4 is 23.2 Å². The molecule has 1 heterocycles. The summed E-state index contributed by atoms with van der Waals surface area (Å²) in [5.74, 6) is 0.598. The number of aromatic nitrogens is 2. The molecule has 1 N–H and O–H groups in total. The van der Waals surface area contributed by atoms with E-state index in [9.17, 15) is 4.79 Å². The highest BCUT2D eigenvalue weighted by molar-refractivity contribution is 6.30. The molecule has 0 aliphatic heterocycles. The number of H-pyrrole nitrogens is 1. The molecule has 18 heavy (non-hydrogen) atoms. The van der Waals surface area contributed by atoms with Gasteiger partial charge in [-0.1, -0.05) is 23.2 Å². The van der Waals surface area contributed by atoms with E-state index in [-0.39, 0.29) is 11.0 Å². The van der Waals surface area contributed by atoms with E-state index < -0.39 is 5.43 Å². The summed E-state index contributed by atoms with van der Waals surface area (Å²) in [5, 5.41) is 6.70. The lowest BCUT2D eigenvalue weighted by molar-refractivity contribution is 0.371. The average molecular weight is 287 g/mol. The topological polar surface area (TPSA) is 64.2 Å². The van der Waals surface area contributed by atoms with Crippen LogP contribution in [0, 0.1) is 0 Å². The van der Waals surface area contributed by atoms with Crippen molar-refractivity contribution in [2.75, 3.05) is 7.11 Å². The Morgan fingerprint density at radius 1 is 1.22 bits per heavy atom. The number of rotatable bonds is 3. The van der Waals surface area contributed by atoms with Gasteiger partial charge < -0.3 is 9.47 Å². The predicted molar refractivity (Wildman–Crippen MR) is 67.9 cm³/mol. The fourth-order valence-corrected chi connectivity index (χ4v) is 1.58. The van der Waals surface area contributed by atoms with Gasteiger partial charge in [0, 0.05) is 17.2 Å². The average Bonchev–Trinajstić information content (AvgIpc) is 2.33. The third-order valence-corrected chi connectivity index (χ3v) is 2.49. The minimum Gasteiger partial charge on any atom is -0.493 e. The highest BCUT2D eigenvalue weighted by Gasteiger charge is 2.10. The fourth-order valence-electron chi connectivity index (χ4n) is 1.28. The Labute approximate surface area is 112 Å². The first-order valence-corrected chi connectivity index (χ1v) is 5.62. The molecule has 2 rings (SSSR count). The van der Waals surface area contributed by atoms with E-state index in [1.807, 2.05) is 0 Å². The first-order valence-electron chi connectivity index (χ1n) is 4.87. The number of nitrogens with one attached hydrogen (secondary N) is 1. The first kappa shape index (κ1) is 12.7. The second kappa shape index (κ2) is 5.29. The van der Waals surface area contributed by atoms with Crippen molar-refractivity contribution in [1.82, 2.24) is 10.2 Å². The minimum absolute atomic E-state index is 0.130. The van der Waals surface area contributed by atoms with E-state index in [0.29, 0.717) is 16.5 Å². The number of methoxy groups -OCH3 is 1. The second-order valence-electron chi connectivity index (χ2n) is 3.28. The largest absolute Gasteiger partial charge is 0.493 e. The molecular weight excluding hydrogens is 279 g/mol. The Hall–Kier alpha value is -1.72. The smallest absolute Gasteiger partial charge is 0.285 e. The normalized spacial score (nSPS) is 10.2. The van der Waals surface area contributed by atoms with Crippen LogP contribution in [0.5, 0.6) is 17.4 Å². The third-order valence-electron chi connectivity index (χ3n) is 2.07. The summed E-state index contributed by atoms with van der Waals surface area (Å²) in [6.45, 7) is 0. The number of hydrogen-bond donors (Lipinski definition) is 1. The van der Waals surface area contributed by atoms with Crippen molar-refractivity contribution < 1.29 is 9.47 Å². The molecule has 0 saturated heterocycles. The lowest BCUT2D eigenvalue weighted by Crippen LogP contribution is -2.07. The van der Waals surface area contributed by atoms with Crippen molar-refractivity contribution in [2.24, 2.45) is 0 Å². The Kier molecular flexibility index (Phi) is 3.74. The first-order chi connectivity index (χ1) is 8.60. The van der Waals surface area contributed by atoms with Gasteiger partial charge in [-0.2, -0.15) is 0 Å². The van der Waals surface area contributed by atoms with Crippen molar-refractivity contribution in [3.63, 3.8) is 0 Å². The zero-order valence-electron chi connectivity index (χ0n) is 9.24. The lowest BCUT2D eigenvalue weighted by atomic mass is 10.3. The Bertz CT molecular complexity index is 628. The molecule has 0 aliphatic rings. The molecule has 94 valence electrons. The molecule has 0 saturated carbocycles. The molecule has 0 radical (unpaired) electrons. The number of ether oxygens (including phenoxy) is 2. The Morgan fingerprint density at radius 3 is 2.67 bits per heavy atom. The molecule has 0 atom stereocenters. The number of hydrogen-bond acceptors (Lipinski definition) is 4. The Morgan fingerprint density at radius 2 is 2.00 bits per heavy atom. The van der Waals surface area contributed by atoms with Crippen LogP contribution in [0.4, 0.5) is 0 Å². The summed E-state index contributed by atoms with van der Waals surface area (Å²) < 4.78 is 10.4. The van der Waals surface area contributed by atoms with Crippen LogP contribution in [0.2, 0.25) is 10.2 Å². The van der Waals surface area contributed by atoms with E-state index in [1.165, 1.54) is 19.2 Å². The van der Waals surface area contributed by atoms with Gasteiger partial charge in [0.1, 0.15) is 5.15 Å². The maximum absolute atomic E-state index is 11.6. The summed E-state index contributed by atoms with van der Waals surface area (Å²) in [7, 11) is 1.48. The molecule has 5 nitrogen and oxygen atoms in total. The molecule has 7 heteroatoms. The molecule has 0 aliphatic carbocycles. The van der Waals surface area contributed by atoms with Crippen LogP contribution in [0.25, 0.3) is 0 Å². The van der Waals surface area contributed by atoms with Crippen LogP contribution >= 0.6 is 23.2 Å². The van der Waals surface area contributed by atoms with E-state index in [2.05, 4.69) is 10.2 Å². The summed E-state index contributed by atoms with van der Waals surface area (Å²) in [5.41, 5.74) is -0.444. The number of benzene rings is 1. The molecule has 0 spiro atoms. The van der Waals surface area contributed by atoms with E-state index in [4.69, 9.17) is 32.7 Å². The van der Waals surface area contributed by atoms with E-state index in [1.54, 1.807) is 12.1 Å². The summed E-state index contributed by atoms with van der Waals surface area (Å²) in [6, 6.07) is 5.96. The van der Waals surface area contributed by atoms with Crippen molar-refractivity contribution in [3.8, 4) is 17.4 Å². The summed E-state index contributed by atoms with van der Waals surface area (Å²) in [6.07, 6.45) is 0. The zero-order chi connectivity index (χ0) is 13.1. The maximum atomic E-state index is 11.6. The standard InChI is InChI=1S/C11H8Cl2N2O3/c1-17-8-3-2-6(12)4-9(8)18-11-7(16)5-10(13)14-15-11/h2-5H,1H3,(H,14,16). The molecule has 0 unspecified atom stereocenters. The van der Waals surface area contributed by atoms with E-state index in [0.717, 1.165) is 0 Å². The molecule has 0 bridgehead atoms. The van der Waals surface area contributed by atoms with Crippen LogP contribution in [0.3, 0.4) is 0 Å². The highest BCUT2D eigenvalue weighted by Crippen LogP contribution is 2.32. The van der Waals surface area contributed by atoms with Gasteiger partial charge in [-0.05, 0) is 12.1 Å². The Balaban J connectivity index is 2.39. The van der Waals surface area contributed by atoms with Gasteiger partial charge in [0.15, 0.2) is 11.5 Å². The van der Waals surface area contributed by atoms with Crippen LogP contribution in [-0.4, -0.2) is 17.3 Å². The van der Waals surface area contributed by atoms with Crippen molar-refractivity contribution in [3.05, 3.63) is 44.7 Å². The molecule has 1 aromatic carbocycles. The van der Waals surface area contributed by atoms with Crippen LogP contribution < -0.4 is 14.9 Å². The van der Waals surface area contributed by atoms with E-state index >= 15 is 0 Å². The SMILES string of the molecule is COc1ccc(Cl)cc1Oc1n[nH]c(Cl)cc1=O. The van der Waals surface area contributed by atoms with Gasteiger partial charge in [-0.3, -0.25) is 9.89 Å². The van der Waals surface area contributed by atoms with Gasteiger partial charge >= 0.3 is 0 Å². The van der Waals surface area contributed by atoms with Crippen molar-refractivity contribution in [1.29, 1.82) is 0 Å². The number of aromatic amines is 1. The van der Waals surface area contributed by atoms with Gasteiger partial charge in [-0.15, -0.1) is 5.10 Å².